The van der Waals surface area contributed by atoms with E-state index in [1.165, 1.54) is 30.8 Å². The zero-order valence-electron chi connectivity index (χ0n) is 8.04. The molecule has 1 aromatic carbocycles. The lowest BCUT2D eigenvalue weighted by Crippen LogP contribution is -1.94. The maximum Gasteiger partial charge on any atom is 0.0508 e. The van der Waals surface area contributed by atoms with Crippen LogP contribution in [0.4, 0.5) is 0 Å². The van der Waals surface area contributed by atoms with Gasteiger partial charge in [-0.25, -0.2) is 0 Å². The van der Waals surface area contributed by atoms with E-state index in [2.05, 4.69) is 31.2 Å². The Morgan fingerprint density at radius 2 is 1.80 bits per heavy atom. The Bertz CT molecular complexity index is 272. The molecule has 1 aromatic rings. The molecule has 0 heterocycles. The van der Waals surface area contributed by atoms with Gasteiger partial charge in [0.2, 0.25) is 0 Å². The van der Waals surface area contributed by atoms with E-state index >= 15 is 0 Å². The summed E-state index contributed by atoms with van der Waals surface area (Å²) in [4.78, 5) is 0. The first-order valence-electron chi connectivity index (χ1n) is 4.21. The zero-order chi connectivity index (χ0) is 11.1. The summed E-state index contributed by atoms with van der Waals surface area (Å²) in [6, 6.07) is 8.63. The molecule has 0 aromatic heterocycles. The van der Waals surface area contributed by atoms with Crippen LogP contribution in [0.2, 0.25) is 0 Å². The summed E-state index contributed by atoms with van der Waals surface area (Å²) in [5.74, 6) is 1.01. The highest BCUT2D eigenvalue weighted by atomic mass is 33.5. The zero-order valence-corrected chi connectivity index (χ0v) is 12.9. The van der Waals surface area contributed by atoms with Crippen molar-refractivity contribution in [3.8, 4) is 0 Å². The highest BCUT2D eigenvalue weighted by Gasteiger charge is 2.12. The maximum atomic E-state index is 4.94. The molecule has 0 amide bonds. The summed E-state index contributed by atoms with van der Waals surface area (Å²) in [7, 11) is 6.23. The van der Waals surface area contributed by atoms with Crippen LogP contribution in [0.1, 0.15) is 16.4 Å². The van der Waals surface area contributed by atoms with Crippen LogP contribution in [-0.4, -0.2) is 5.75 Å². The third-order valence-corrected chi connectivity index (χ3v) is 6.60. The molecule has 1 atom stereocenters. The molecule has 0 N–H and O–H groups in total. The normalized spacial score (nSPS) is 12.7. The SMILES string of the molecule is Cc1ccc(C(CSS[S])SS[S])cc1. The van der Waals surface area contributed by atoms with Crippen molar-refractivity contribution in [3.05, 3.63) is 35.4 Å². The van der Waals surface area contributed by atoms with Gasteiger partial charge in [0.15, 0.2) is 0 Å². The second-order valence-electron chi connectivity index (χ2n) is 2.92. The molecule has 0 fully saturated rings. The minimum Gasteiger partial charge on any atom is -0.0802 e. The Kier molecular flexibility index (Phi) is 8.07. The molecule has 0 aliphatic carbocycles. The van der Waals surface area contributed by atoms with E-state index in [0.717, 1.165) is 5.75 Å². The largest absolute Gasteiger partial charge is 0.0802 e. The molecule has 6 heteroatoms. The number of aryl methyl sites for hydroxylation is 1. The quantitative estimate of drug-likeness (QED) is 0.588. The molecule has 0 aliphatic heterocycles. The van der Waals surface area contributed by atoms with Gasteiger partial charge < -0.3 is 0 Å². The van der Waals surface area contributed by atoms with E-state index in [1.807, 2.05) is 0 Å². The third-order valence-electron chi connectivity index (χ3n) is 1.87. The summed E-state index contributed by atoms with van der Waals surface area (Å²) in [5, 5.41) is 0.438. The van der Waals surface area contributed by atoms with Crippen LogP contribution >= 0.6 is 64.6 Å². The first-order chi connectivity index (χ1) is 7.27. The molecule has 0 saturated heterocycles. The summed E-state index contributed by atoms with van der Waals surface area (Å²) < 4.78 is 0. The van der Waals surface area contributed by atoms with E-state index in [9.17, 15) is 0 Å². The smallest absolute Gasteiger partial charge is 0.0508 e. The minimum absolute atomic E-state index is 0.438. The fourth-order valence-corrected chi connectivity index (χ4v) is 5.56. The molecule has 1 unspecified atom stereocenters. The molecule has 0 aliphatic rings. The van der Waals surface area contributed by atoms with Gasteiger partial charge in [-0.05, 0) is 55.5 Å². The number of rotatable bonds is 6. The first kappa shape index (κ1) is 14.4. The Morgan fingerprint density at radius 3 is 2.33 bits per heavy atom. The van der Waals surface area contributed by atoms with Crippen LogP contribution in [0.25, 0.3) is 0 Å². The van der Waals surface area contributed by atoms with Gasteiger partial charge in [0.25, 0.3) is 0 Å². The highest BCUT2D eigenvalue weighted by molar-refractivity contribution is 9.06. The van der Waals surface area contributed by atoms with Crippen LogP contribution in [0.15, 0.2) is 24.3 Å². The lowest BCUT2D eigenvalue weighted by molar-refractivity contribution is 1.13. The summed E-state index contributed by atoms with van der Waals surface area (Å²) >= 11 is 9.80. The van der Waals surface area contributed by atoms with Crippen molar-refractivity contribution >= 4 is 64.6 Å². The minimum atomic E-state index is 0.438. The fraction of sp³-hybridized carbons (Fsp3) is 0.333. The molecule has 0 bridgehead atoms. The van der Waals surface area contributed by atoms with Gasteiger partial charge in [-0.1, -0.05) is 51.4 Å². The molecule has 0 nitrogen and oxygen atoms in total. The van der Waals surface area contributed by atoms with Crippen LogP contribution in [-0.2, 0) is 0 Å². The Labute approximate surface area is 117 Å². The van der Waals surface area contributed by atoms with Crippen molar-refractivity contribution in [2.45, 2.75) is 12.2 Å². The van der Waals surface area contributed by atoms with Gasteiger partial charge in [-0.2, -0.15) is 0 Å². The van der Waals surface area contributed by atoms with Gasteiger partial charge in [0, 0.05) is 5.75 Å². The van der Waals surface area contributed by atoms with Gasteiger partial charge >= 0.3 is 0 Å². The maximum absolute atomic E-state index is 4.94. The molecule has 15 heavy (non-hydrogen) atoms. The van der Waals surface area contributed by atoms with Crippen molar-refractivity contribution in [1.82, 2.24) is 0 Å². The number of benzene rings is 1. The van der Waals surface area contributed by atoms with E-state index in [1.54, 1.807) is 21.6 Å². The van der Waals surface area contributed by atoms with Crippen molar-refractivity contribution in [1.29, 1.82) is 0 Å². The molecular formula is C9H10S6. The standard InChI is InChI=1S/C9H10S6/c1-7-2-4-8(5-3-7)9(13-15-11)6-12-14-10/h2-5,9H,6H2,1H3. The molecule has 0 saturated carbocycles. The second kappa shape index (κ2) is 8.42. The molecule has 1 rings (SSSR count). The fourth-order valence-electron chi connectivity index (χ4n) is 1.10. The van der Waals surface area contributed by atoms with Gasteiger partial charge in [-0.15, -0.1) is 0 Å². The predicted molar refractivity (Wildman–Crippen MR) is 84.3 cm³/mol. The third kappa shape index (κ3) is 5.46. The van der Waals surface area contributed by atoms with Gasteiger partial charge in [0.05, 0.1) is 5.25 Å². The Morgan fingerprint density at radius 1 is 1.13 bits per heavy atom. The molecule has 2 radical (unpaired) electrons. The first-order valence-corrected chi connectivity index (χ1v) is 10.6. The van der Waals surface area contributed by atoms with E-state index in [4.69, 9.17) is 23.3 Å². The van der Waals surface area contributed by atoms with Crippen molar-refractivity contribution in [2.75, 3.05) is 5.75 Å². The second-order valence-corrected chi connectivity index (χ2v) is 9.07. The number of hydrogen-bond acceptors (Lipinski definition) is 4. The summed E-state index contributed by atoms with van der Waals surface area (Å²) in [6.45, 7) is 2.10. The molecule has 82 valence electrons. The van der Waals surface area contributed by atoms with E-state index in [0.29, 0.717) is 5.25 Å². The van der Waals surface area contributed by atoms with Crippen LogP contribution < -0.4 is 0 Å². The molecular weight excluding hydrogens is 301 g/mol. The number of hydrogen-bond donors (Lipinski definition) is 0. The van der Waals surface area contributed by atoms with Crippen molar-refractivity contribution in [2.24, 2.45) is 0 Å². The Hall–Kier alpha value is 1.32. The van der Waals surface area contributed by atoms with Crippen LogP contribution in [0.5, 0.6) is 0 Å². The monoisotopic (exact) mass is 310 g/mol. The van der Waals surface area contributed by atoms with E-state index in [-0.39, 0.29) is 0 Å². The van der Waals surface area contributed by atoms with Crippen molar-refractivity contribution in [3.63, 3.8) is 0 Å². The predicted octanol–water partition coefficient (Wildman–Crippen LogP) is 6.02. The summed E-state index contributed by atoms with van der Waals surface area (Å²) in [5.41, 5.74) is 2.62. The average molecular weight is 311 g/mol. The van der Waals surface area contributed by atoms with Gasteiger partial charge in [0.1, 0.15) is 0 Å². The lowest BCUT2D eigenvalue weighted by atomic mass is 10.1. The topological polar surface area (TPSA) is 0 Å². The lowest BCUT2D eigenvalue weighted by Gasteiger charge is -2.13. The van der Waals surface area contributed by atoms with Crippen LogP contribution in [0.3, 0.4) is 0 Å². The average Bonchev–Trinajstić information content (AvgIpc) is 2.25. The van der Waals surface area contributed by atoms with Gasteiger partial charge in [-0.3, -0.25) is 0 Å². The van der Waals surface area contributed by atoms with E-state index < -0.39 is 0 Å². The molecule has 0 spiro atoms. The van der Waals surface area contributed by atoms with Crippen LogP contribution in [0, 0.1) is 6.92 Å². The highest BCUT2D eigenvalue weighted by Crippen LogP contribution is 2.44. The Balaban J connectivity index is 2.65. The van der Waals surface area contributed by atoms with Crippen molar-refractivity contribution < 1.29 is 0 Å². The summed E-state index contributed by atoms with van der Waals surface area (Å²) in [6.07, 6.45) is 0.